The van der Waals surface area contributed by atoms with Gasteiger partial charge in [-0.25, -0.2) is 4.98 Å². The Morgan fingerprint density at radius 1 is 1.08 bits per heavy atom. The van der Waals surface area contributed by atoms with Gasteiger partial charge in [-0.2, -0.15) is 0 Å². The third-order valence-corrected chi connectivity index (χ3v) is 4.41. The number of nitrogens with one attached hydrogen (secondary N) is 1. The van der Waals surface area contributed by atoms with Crippen molar-refractivity contribution in [1.82, 2.24) is 10.3 Å². The van der Waals surface area contributed by atoms with Gasteiger partial charge in [-0.3, -0.25) is 4.79 Å². The van der Waals surface area contributed by atoms with Crippen molar-refractivity contribution in [2.75, 3.05) is 0 Å². The van der Waals surface area contributed by atoms with Crippen molar-refractivity contribution in [3.63, 3.8) is 0 Å². The number of carbonyl (C=O) groups excluding carboxylic acids is 1. The molecule has 1 saturated carbocycles. The van der Waals surface area contributed by atoms with Crippen LogP contribution in [0.1, 0.15) is 37.7 Å². The first-order valence-electron chi connectivity index (χ1n) is 8.41. The molecule has 0 bridgehead atoms. The number of rotatable bonds is 5. The van der Waals surface area contributed by atoms with Crippen LogP contribution >= 0.6 is 24.8 Å². The SMILES string of the molecule is Cl.Cl.NC1(C(=O)NCc2ccc(Oc3ccccc3)nc2)CCCCC1. The first kappa shape index (κ1) is 22.2. The Balaban J connectivity index is 0.00000169. The molecule has 2 aromatic rings. The summed E-state index contributed by atoms with van der Waals surface area (Å²) in [6.45, 7) is 0.427. The van der Waals surface area contributed by atoms with Gasteiger partial charge in [0.15, 0.2) is 0 Å². The van der Waals surface area contributed by atoms with Crippen molar-refractivity contribution < 1.29 is 9.53 Å². The lowest BCUT2D eigenvalue weighted by atomic mass is 9.82. The van der Waals surface area contributed by atoms with Gasteiger partial charge in [0.05, 0.1) is 5.54 Å². The molecule has 1 aromatic carbocycles. The second-order valence-corrected chi connectivity index (χ2v) is 6.32. The molecule has 7 heteroatoms. The van der Waals surface area contributed by atoms with Crippen molar-refractivity contribution in [2.24, 2.45) is 5.73 Å². The van der Waals surface area contributed by atoms with E-state index < -0.39 is 5.54 Å². The Kier molecular flexibility index (Phi) is 8.85. The molecular formula is C19H25Cl2N3O2. The van der Waals surface area contributed by atoms with E-state index in [9.17, 15) is 4.79 Å². The van der Waals surface area contributed by atoms with Gasteiger partial charge in [0.2, 0.25) is 11.8 Å². The monoisotopic (exact) mass is 397 g/mol. The molecule has 1 aromatic heterocycles. The number of para-hydroxylation sites is 1. The molecule has 142 valence electrons. The van der Waals surface area contributed by atoms with Crippen molar-refractivity contribution in [3.8, 4) is 11.6 Å². The molecule has 1 fully saturated rings. The predicted molar refractivity (Wildman–Crippen MR) is 107 cm³/mol. The van der Waals surface area contributed by atoms with Crippen LogP contribution in [0.2, 0.25) is 0 Å². The normalized spacial score (nSPS) is 15.1. The Hall–Kier alpha value is -1.82. The van der Waals surface area contributed by atoms with Crippen molar-refractivity contribution in [3.05, 3.63) is 54.2 Å². The van der Waals surface area contributed by atoms with Gasteiger partial charge in [0.1, 0.15) is 5.75 Å². The van der Waals surface area contributed by atoms with Gasteiger partial charge < -0.3 is 15.8 Å². The average Bonchev–Trinajstić information content (AvgIpc) is 2.62. The maximum absolute atomic E-state index is 12.3. The molecular weight excluding hydrogens is 373 g/mol. The fourth-order valence-electron chi connectivity index (χ4n) is 2.95. The minimum Gasteiger partial charge on any atom is -0.439 e. The molecule has 0 saturated heterocycles. The molecule has 0 unspecified atom stereocenters. The molecule has 26 heavy (non-hydrogen) atoms. The number of hydrogen-bond donors (Lipinski definition) is 2. The van der Waals surface area contributed by atoms with Crippen LogP contribution in [-0.4, -0.2) is 16.4 Å². The minimum atomic E-state index is -0.706. The van der Waals surface area contributed by atoms with Gasteiger partial charge in [-0.15, -0.1) is 24.8 Å². The standard InChI is InChI=1S/C19H23N3O2.2ClH/c20-19(11-5-2-6-12-19)18(23)22-14-15-9-10-17(21-13-15)24-16-7-3-1-4-8-16;;/h1,3-4,7-10,13H,2,5-6,11-12,14,20H2,(H,22,23);2*1H. The molecule has 1 heterocycles. The number of halogens is 2. The fourth-order valence-corrected chi connectivity index (χ4v) is 2.95. The highest BCUT2D eigenvalue weighted by Gasteiger charge is 2.34. The number of pyridine rings is 1. The Labute approximate surface area is 166 Å². The van der Waals surface area contributed by atoms with E-state index in [0.29, 0.717) is 12.4 Å². The third-order valence-electron chi connectivity index (χ3n) is 4.41. The number of aromatic nitrogens is 1. The Bertz CT molecular complexity index is 675. The topological polar surface area (TPSA) is 77.2 Å². The summed E-state index contributed by atoms with van der Waals surface area (Å²) in [6, 6.07) is 13.2. The zero-order chi connectivity index (χ0) is 16.8. The molecule has 1 aliphatic rings. The van der Waals surface area contributed by atoms with Crippen LogP contribution in [0.25, 0.3) is 0 Å². The lowest BCUT2D eigenvalue weighted by Gasteiger charge is -2.31. The fraction of sp³-hybridized carbons (Fsp3) is 0.368. The predicted octanol–water partition coefficient (Wildman–Crippen LogP) is 4.00. The van der Waals surface area contributed by atoms with E-state index >= 15 is 0 Å². The van der Waals surface area contributed by atoms with Crippen LogP contribution in [0.5, 0.6) is 11.6 Å². The second kappa shape index (κ2) is 10.4. The summed E-state index contributed by atoms with van der Waals surface area (Å²) >= 11 is 0. The van der Waals surface area contributed by atoms with Crippen molar-refractivity contribution in [2.45, 2.75) is 44.2 Å². The smallest absolute Gasteiger partial charge is 0.240 e. The molecule has 5 nitrogen and oxygen atoms in total. The first-order chi connectivity index (χ1) is 11.7. The van der Waals surface area contributed by atoms with E-state index in [1.165, 1.54) is 6.42 Å². The van der Waals surface area contributed by atoms with E-state index in [0.717, 1.165) is 37.0 Å². The van der Waals surface area contributed by atoms with Crippen molar-refractivity contribution in [1.29, 1.82) is 0 Å². The van der Waals surface area contributed by atoms with Gasteiger partial charge in [0.25, 0.3) is 0 Å². The largest absolute Gasteiger partial charge is 0.439 e. The maximum Gasteiger partial charge on any atom is 0.240 e. The van der Waals surface area contributed by atoms with Gasteiger partial charge in [0, 0.05) is 18.8 Å². The summed E-state index contributed by atoms with van der Waals surface area (Å²) in [4.78, 5) is 16.6. The summed E-state index contributed by atoms with van der Waals surface area (Å²) in [5, 5.41) is 2.93. The lowest BCUT2D eigenvalue weighted by molar-refractivity contribution is -0.127. The number of nitrogens with two attached hydrogens (primary N) is 1. The highest BCUT2D eigenvalue weighted by Crippen LogP contribution is 2.26. The molecule has 0 aliphatic heterocycles. The van der Waals surface area contributed by atoms with Crippen LogP contribution in [0, 0.1) is 0 Å². The first-order valence-corrected chi connectivity index (χ1v) is 8.41. The number of carbonyl (C=O) groups is 1. The molecule has 1 amide bonds. The van der Waals surface area contributed by atoms with Crippen LogP contribution in [0.4, 0.5) is 0 Å². The Morgan fingerprint density at radius 2 is 1.77 bits per heavy atom. The zero-order valence-corrected chi connectivity index (χ0v) is 16.2. The zero-order valence-electron chi connectivity index (χ0n) is 14.5. The summed E-state index contributed by atoms with van der Waals surface area (Å²) < 4.78 is 5.65. The van der Waals surface area contributed by atoms with Gasteiger partial charge in [-0.05, 0) is 30.5 Å². The summed E-state index contributed by atoms with van der Waals surface area (Å²) in [7, 11) is 0. The molecule has 1 aliphatic carbocycles. The average molecular weight is 398 g/mol. The summed E-state index contributed by atoms with van der Waals surface area (Å²) in [5.74, 6) is 1.21. The van der Waals surface area contributed by atoms with E-state index in [-0.39, 0.29) is 30.7 Å². The van der Waals surface area contributed by atoms with Crippen molar-refractivity contribution >= 4 is 30.7 Å². The highest BCUT2D eigenvalue weighted by atomic mass is 35.5. The maximum atomic E-state index is 12.3. The number of benzene rings is 1. The number of nitrogens with zero attached hydrogens (tertiary/aromatic N) is 1. The van der Waals surface area contributed by atoms with E-state index in [1.807, 2.05) is 36.4 Å². The number of hydrogen-bond acceptors (Lipinski definition) is 4. The molecule has 0 atom stereocenters. The van der Waals surface area contributed by atoms with Gasteiger partial charge in [-0.1, -0.05) is 43.5 Å². The number of amides is 1. The summed E-state index contributed by atoms with van der Waals surface area (Å²) in [6.07, 6.45) is 6.46. The lowest BCUT2D eigenvalue weighted by Crippen LogP contribution is -2.54. The summed E-state index contributed by atoms with van der Waals surface area (Å²) in [5.41, 5.74) is 6.44. The molecule has 0 radical (unpaired) electrons. The Morgan fingerprint density at radius 3 is 2.38 bits per heavy atom. The number of ether oxygens (including phenoxy) is 1. The van der Waals surface area contributed by atoms with E-state index in [1.54, 1.807) is 12.3 Å². The molecule has 3 rings (SSSR count). The van der Waals surface area contributed by atoms with Crippen LogP contribution < -0.4 is 15.8 Å². The quantitative estimate of drug-likeness (QED) is 0.798. The highest BCUT2D eigenvalue weighted by molar-refractivity contribution is 5.86. The van der Waals surface area contributed by atoms with Crippen LogP contribution in [-0.2, 0) is 11.3 Å². The minimum absolute atomic E-state index is 0. The molecule has 0 spiro atoms. The van der Waals surface area contributed by atoms with Crippen LogP contribution in [0.15, 0.2) is 48.7 Å². The third kappa shape index (κ3) is 5.87. The van der Waals surface area contributed by atoms with E-state index in [4.69, 9.17) is 10.5 Å². The second-order valence-electron chi connectivity index (χ2n) is 6.32. The molecule has 3 N–H and O–H groups in total. The van der Waals surface area contributed by atoms with E-state index in [2.05, 4.69) is 10.3 Å². The van der Waals surface area contributed by atoms with Crippen LogP contribution in [0.3, 0.4) is 0 Å². The van der Waals surface area contributed by atoms with Gasteiger partial charge >= 0.3 is 0 Å².